The van der Waals surface area contributed by atoms with Crippen molar-refractivity contribution in [2.75, 3.05) is 6.54 Å². The van der Waals surface area contributed by atoms with Crippen molar-refractivity contribution >= 4 is 5.71 Å². The molecule has 0 saturated heterocycles. The zero-order valence-electron chi connectivity index (χ0n) is 7.09. The van der Waals surface area contributed by atoms with Crippen LogP contribution in [0.25, 0.3) is 0 Å². The van der Waals surface area contributed by atoms with E-state index in [9.17, 15) is 0 Å². The molecule has 0 bridgehead atoms. The quantitative estimate of drug-likeness (QED) is 0.543. The molecule has 0 amide bonds. The van der Waals surface area contributed by atoms with Gasteiger partial charge in [0.1, 0.15) is 0 Å². The average molecular weight is 149 g/mol. The average Bonchev–Trinajstić information content (AvgIpc) is 1.94. The van der Waals surface area contributed by atoms with Crippen molar-refractivity contribution in [3.8, 4) is 0 Å². The van der Waals surface area contributed by atoms with E-state index in [0.29, 0.717) is 0 Å². The summed E-state index contributed by atoms with van der Waals surface area (Å²) >= 11 is 0. The van der Waals surface area contributed by atoms with Crippen LogP contribution in [0.1, 0.15) is 26.2 Å². The Bertz CT molecular complexity index is 187. The molecule has 1 heteroatoms. The van der Waals surface area contributed by atoms with E-state index in [1.807, 2.05) is 0 Å². The molecule has 0 heterocycles. The van der Waals surface area contributed by atoms with E-state index in [1.54, 1.807) is 0 Å². The number of aliphatic imine (C=N–C) groups is 1. The van der Waals surface area contributed by atoms with Crippen LogP contribution in [0.4, 0.5) is 0 Å². The molecule has 0 radical (unpaired) electrons. The van der Waals surface area contributed by atoms with Crippen molar-refractivity contribution in [3.63, 3.8) is 0 Å². The summed E-state index contributed by atoms with van der Waals surface area (Å²) in [5.41, 5.74) is 1.34. The molecule has 0 unspecified atom stereocenters. The minimum atomic E-state index is 0.923. The van der Waals surface area contributed by atoms with Crippen molar-refractivity contribution in [3.05, 3.63) is 24.3 Å². The molecular formula is C10H15N. The van der Waals surface area contributed by atoms with Gasteiger partial charge in [0.15, 0.2) is 0 Å². The Hall–Kier alpha value is -0.850. The Morgan fingerprint density at radius 3 is 3.00 bits per heavy atom. The first kappa shape index (κ1) is 8.25. The van der Waals surface area contributed by atoms with Crippen LogP contribution in [0.15, 0.2) is 29.3 Å². The molecule has 1 nitrogen and oxygen atoms in total. The molecule has 0 fully saturated rings. The van der Waals surface area contributed by atoms with Crippen LogP contribution in [-0.4, -0.2) is 12.3 Å². The van der Waals surface area contributed by atoms with Crippen molar-refractivity contribution in [1.82, 2.24) is 0 Å². The number of hydrogen-bond donors (Lipinski definition) is 0. The molecule has 0 aromatic carbocycles. The first-order chi connectivity index (χ1) is 5.43. The van der Waals surface area contributed by atoms with Gasteiger partial charge in [0, 0.05) is 18.7 Å². The van der Waals surface area contributed by atoms with Crippen molar-refractivity contribution < 1.29 is 0 Å². The zero-order valence-corrected chi connectivity index (χ0v) is 7.09. The highest BCUT2D eigenvalue weighted by molar-refractivity contribution is 5.86. The molecule has 11 heavy (non-hydrogen) atoms. The summed E-state index contributed by atoms with van der Waals surface area (Å²) in [6.07, 6.45) is 11.9. The molecule has 0 atom stereocenters. The monoisotopic (exact) mass is 149 g/mol. The number of rotatable bonds is 1. The van der Waals surface area contributed by atoms with E-state index in [-0.39, 0.29) is 0 Å². The smallest absolute Gasteiger partial charge is 0.0360 e. The molecule has 1 rings (SSSR count). The van der Waals surface area contributed by atoms with E-state index >= 15 is 0 Å². The highest BCUT2D eigenvalue weighted by Crippen LogP contribution is 2.03. The second-order valence-electron chi connectivity index (χ2n) is 2.64. The molecule has 60 valence electrons. The minimum Gasteiger partial charge on any atom is -0.294 e. The Kier molecular flexibility index (Phi) is 3.67. The SMILES string of the molecule is CCN=C1CC=CC=CCC1. The van der Waals surface area contributed by atoms with Gasteiger partial charge in [-0.2, -0.15) is 0 Å². The van der Waals surface area contributed by atoms with Gasteiger partial charge >= 0.3 is 0 Å². The van der Waals surface area contributed by atoms with E-state index in [0.717, 1.165) is 25.8 Å². The standard InChI is InChI=1S/C10H15N/c1-2-11-10-8-6-4-3-5-7-9-10/h3-6H,2,7-9H2,1H3. The van der Waals surface area contributed by atoms with Gasteiger partial charge in [-0.1, -0.05) is 24.3 Å². The van der Waals surface area contributed by atoms with Crippen LogP contribution in [-0.2, 0) is 0 Å². The summed E-state index contributed by atoms with van der Waals surface area (Å²) in [6.45, 7) is 3.01. The number of nitrogens with zero attached hydrogens (tertiary/aromatic N) is 1. The minimum absolute atomic E-state index is 0.923. The van der Waals surface area contributed by atoms with Crippen molar-refractivity contribution in [1.29, 1.82) is 0 Å². The molecule has 0 saturated carbocycles. The van der Waals surface area contributed by atoms with E-state index in [2.05, 4.69) is 36.2 Å². The van der Waals surface area contributed by atoms with Gasteiger partial charge in [-0.25, -0.2) is 0 Å². The number of allylic oxidation sites excluding steroid dienone is 4. The Morgan fingerprint density at radius 2 is 2.18 bits per heavy atom. The summed E-state index contributed by atoms with van der Waals surface area (Å²) in [6, 6.07) is 0. The molecule has 0 aromatic rings. The van der Waals surface area contributed by atoms with Gasteiger partial charge in [-0.15, -0.1) is 0 Å². The van der Waals surface area contributed by atoms with Gasteiger partial charge in [-0.3, -0.25) is 4.99 Å². The van der Waals surface area contributed by atoms with E-state index in [1.165, 1.54) is 5.71 Å². The van der Waals surface area contributed by atoms with Crippen molar-refractivity contribution in [2.24, 2.45) is 4.99 Å². The molecule has 0 N–H and O–H groups in total. The van der Waals surface area contributed by atoms with E-state index < -0.39 is 0 Å². The largest absolute Gasteiger partial charge is 0.294 e. The molecule has 0 aliphatic heterocycles. The lowest BCUT2D eigenvalue weighted by atomic mass is 10.1. The van der Waals surface area contributed by atoms with Crippen molar-refractivity contribution in [2.45, 2.75) is 26.2 Å². The molecule has 1 aliphatic carbocycles. The maximum atomic E-state index is 4.42. The second kappa shape index (κ2) is 4.89. The topological polar surface area (TPSA) is 12.4 Å². The predicted molar refractivity (Wildman–Crippen MR) is 50.1 cm³/mol. The predicted octanol–water partition coefficient (Wildman–Crippen LogP) is 2.74. The second-order valence-corrected chi connectivity index (χ2v) is 2.64. The highest BCUT2D eigenvalue weighted by Gasteiger charge is 1.95. The van der Waals surface area contributed by atoms with Crippen LogP contribution in [0, 0.1) is 0 Å². The first-order valence-corrected chi connectivity index (χ1v) is 4.27. The summed E-state index contributed by atoms with van der Waals surface area (Å²) in [4.78, 5) is 4.42. The maximum absolute atomic E-state index is 4.42. The van der Waals surface area contributed by atoms with Gasteiger partial charge < -0.3 is 0 Å². The van der Waals surface area contributed by atoms with Gasteiger partial charge in [-0.05, 0) is 19.8 Å². The van der Waals surface area contributed by atoms with Crippen LogP contribution in [0.2, 0.25) is 0 Å². The fourth-order valence-electron chi connectivity index (χ4n) is 1.18. The fraction of sp³-hybridized carbons (Fsp3) is 0.500. The summed E-state index contributed by atoms with van der Waals surface area (Å²) in [7, 11) is 0. The van der Waals surface area contributed by atoms with Crippen LogP contribution in [0.5, 0.6) is 0 Å². The van der Waals surface area contributed by atoms with Gasteiger partial charge in [0.2, 0.25) is 0 Å². The van der Waals surface area contributed by atoms with E-state index in [4.69, 9.17) is 0 Å². The third-order valence-corrected chi connectivity index (χ3v) is 1.72. The molecule has 0 aromatic heterocycles. The molecule has 0 spiro atoms. The summed E-state index contributed by atoms with van der Waals surface area (Å²) in [5, 5.41) is 0. The third-order valence-electron chi connectivity index (χ3n) is 1.72. The summed E-state index contributed by atoms with van der Waals surface area (Å²) in [5.74, 6) is 0. The lowest BCUT2D eigenvalue weighted by Crippen LogP contribution is -1.97. The fourth-order valence-corrected chi connectivity index (χ4v) is 1.18. The highest BCUT2D eigenvalue weighted by atomic mass is 14.7. The Balaban J connectivity index is 2.51. The van der Waals surface area contributed by atoms with Crippen LogP contribution < -0.4 is 0 Å². The molecular weight excluding hydrogens is 134 g/mol. The Labute approximate surface area is 68.5 Å². The molecule has 1 aliphatic rings. The lowest BCUT2D eigenvalue weighted by molar-refractivity contribution is 1.02. The maximum Gasteiger partial charge on any atom is 0.0360 e. The normalized spacial score (nSPS) is 21.7. The number of hydrogen-bond acceptors (Lipinski definition) is 1. The van der Waals surface area contributed by atoms with Gasteiger partial charge in [0.25, 0.3) is 0 Å². The Morgan fingerprint density at radius 1 is 1.36 bits per heavy atom. The van der Waals surface area contributed by atoms with Gasteiger partial charge in [0.05, 0.1) is 0 Å². The lowest BCUT2D eigenvalue weighted by Gasteiger charge is -2.02. The summed E-state index contributed by atoms with van der Waals surface area (Å²) < 4.78 is 0. The third kappa shape index (κ3) is 3.17. The van der Waals surface area contributed by atoms with Crippen LogP contribution in [0.3, 0.4) is 0 Å². The van der Waals surface area contributed by atoms with Crippen LogP contribution >= 0.6 is 0 Å². The first-order valence-electron chi connectivity index (χ1n) is 4.27. The zero-order chi connectivity index (χ0) is 7.94.